The summed E-state index contributed by atoms with van der Waals surface area (Å²) in [5.41, 5.74) is 0. The van der Waals surface area contributed by atoms with E-state index in [1.54, 1.807) is 0 Å². The van der Waals surface area contributed by atoms with Gasteiger partial charge in [-0.2, -0.15) is 0 Å². The molecule has 1 fully saturated rings. The fraction of sp³-hybridized carbons (Fsp3) is 1.00. The average Bonchev–Trinajstić information content (AvgIpc) is 2.98. The van der Waals surface area contributed by atoms with Crippen molar-refractivity contribution in [1.29, 1.82) is 0 Å². The minimum absolute atomic E-state index is 0.282. The van der Waals surface area contributed by atoms with Crippen molar-refractivity contribution >= 4 is 0 Å². The SMILES string of the molecule is CCCCOCCOCC(O)CNC(C)C1CCCO1. The molecule has 0 aliphatic carbocycles. The number of hydrogen-bond acceptors (Lipinski definition) is 5. The zero-order chi connectivity index (χ0) is 14.6. The van der Waals surface area contributed by atoms with Crippen LogP contribution in [-0.2, 0) is 14.2 Å². The molecule has 0 amide bonds. The minimum atomic E-state index is -0.477. The van der Waals surface area contributed by atoms with Crippen molar-refractivity contribution in [2.45, 2.75) is 57.8 Å². The quantitative estimate of drug-likeness (QED) is 0.531. The molecule has 3 atom stereocenters. The van der Waals surface area contributed by atoms with Gasteiger partial charge in [-0.1, -0.05) is 13.3 Å². The molecule has 0 aromatic carbocycles. The highest BCUT2D eigenvalue weighted by atomic mass is 16.5. The third kappa shape index (κ3) is 8.17. The molecule has 1 aliphatic rings. The third-order valence-corrected chi connectivity index (χ3v) is 3.52. The normalized spacial score (nSPS) is 22.1. The van der Waals surface area contributed by atoms with Gasteiger partial charge in [0.25, 0.3) is 0 Å². The van der Waals surface area contributed by atoms with Crippen molar-refractivity contribution in [3.05, 3.63) is 0 Å². The number of ether oxygens (including phenoxy) is 3. The Hall–Kier alpha value is -0.200. The molecule has 0 saturated carbocycles. The van der Waals surface area contributed by atoms with Crippen LogP contribution in [0.1, 0.15) is 39.5 Å². The number of aliphatic hydroxyl groups is 1. The molecule has 0 aromatic rings. The van der Waals surface area contributed by atoms with Gasteiger partial charge in [-0.05, 0) is 26.2 Å². The van der Waals surface area contributed by atoms with Gasteiger partial charge in [-0.15, -0.1) is 0 Å². The molecule has 3 unspecified atom stereocenters. The molecule has 120 valence electrons. The Morgan fingerprint density at radius 3 is 2.80 bits per heavy atom. The van der Waals surface area contributed by atoms with E-state index in [-0.39, 0.29) is 12.1 Å². The van der Waals surface area contributed by atoms with Crippen LogP contribution in [0.15, 0.2) is 0 Å². The van der Waals surface area contributed by atoms with Gasteiger partial charge in [0.05, 0.1) is 32.0 Å². The lowest BCUT2D eigenvalue weighted by molar-refractivity contribution is 0.000991. The van der Waals surface area contributed by atoms with E-state index in [0.29, 0.717) is 26.4 Å². The van der Waals surface area contributed by atoms with Crippen molar-refractivity contribution in [1.82, 2.24) is 5.32 Å². The van der Waals surface area contributed by atoms with Crippen LogP contribution in [0.2, 0.25) is 0 Å². The summed E-state index contributed by atoms with van der Waals surface area (Å²) >= 11 is 0. The zero-order valence-electron chi connectivity index (χ0n) is 13.0. The van der Waals surface area contributed by atoms with Gasteiger partial charge in [0, 0.05) is 25.8 Å². The Morgan fingerprint density at radius 2 is 2.10 bits per heavy atom. The number of aliphatic hydroxyl groups excluding tert-OH is 1. The lowest BCUT2D eigenvalue weighted by atomic mass is 10.1. The Morgan fingerprint density at radius 1 is 1.30 bits per heavy atom. The van der Waals surface area contributed by atoms with E-state index in [4.69, 9.17) is 14.2 Å². The van der Waals surface area contributed by atoms with Crippen LogP contribution < -0.4 is 5.32 Å². The van der Waals surface area contributed by atoms with Gasteiger partial charge in [0.15, 0.2) is 0 Å². The molecular weight excluding hydrogens is 258 g/mol. The highest BCUT2D eigenvalue weighted by Gasteiger charge is 2.22. The summed E-state index contributed by atoms with van der Waals surface area (Å²) in [5.74, 6) is 0. The number of hydrogen-bond donors (Lipinski definition) is 2. The van der Waals surface area contributed by atoms with E-state index in [9.17, 15) is 5.11 Å². The Kier molecular flexibility index (Phi) is 10.2. The molecule has 0 spiro atoms. The molecule has 5 nitrogen and oxygen atoms in total. The zero-order valence-corrected chi connectivity index (χ0v) is 13.0. The van der Waals surface area contributed by atoms with E-state index in [2.05, 4.69) is 19.2 Å². The van der Waals surface area contributed by atoms with Gasteiger partial charge in [-0.3, -0.25) is 0 Å². The van der Waals surface area contributed by atoms with Gasteiger partial charge < -0.3 is 24.6 Å². The summed E-state index contributed by atoms with van der Waals surface area (Å²) in [6, 6.07) is 0.282. The summed E-state index contributed by atoms with van der Waals surface area (Å²) in [7, 11) is 0. The lowest BCUT2D eigenvalue weighted by Crippen LogP contribution is -2.42. The van der Waals surface area contributed by atoms with Crippen molar-refractivity contribution in [3.8, 4) is 0 Å². The topological polar surface area (TPSA) is 60.0 Å². The van der Waals surface area contributed by atoms with E-state index >= 15 is 0 Å². The van der Waals surface area contributed by atoms with E-state index < -0.39 is 6.10 Å². The first kappa shape index (κ1) is 17.9. The highest BCUT2D eigenvalue weighted by molar-refractivity contribution is 4.77. The Labute approximate surface area is 123 Å². The fourth-order valence-electron chi connectivity index (χ4n) is 2.19. The highest BCUT2D eigenvalue weighted by Crippen LogP contribution is 2.15. The van der Waals surface area contributed by atoms with Gasteiger partial charge in [-0.25, -0.2) is 0 Å². The summed E-state index contributed by atoms with van der Waals surface area (Å²) in [6.45, 7) is 7.93. The molecule has 2 N–H and O–H groups in total. The largest absolute Gasteiger partial charge is 0.389 e. The molecule has 0 aromatic heterocycles. The van der Waals surface area contributed by atoms with Crippen LogP contribution in [0.25, 0.3) is 0 Å². The van der Waals surface area contributed by atoms with Crippen molar-refractivity contribution in [2.24, 2.45) is 0 Å². The molecule has 1 aliphatic heterocycles. The molecule has 20 heavy (non-hydrogen) atoms. The molecule has 0 radical (unpaired) electrons. The lowest BCUT2D eigenvalue weighted by Gasteiger charge is -2.21. The minimum Gasteiger partial charge on any atom is -0.389 e. The summed E-state index contributed by atoms with van der Waals surface area (Å²) in [4.78, 5) is 0. The first-order chi connectivity index (χ1) is 9.74. The molecular formula is C15H31NO4. The summed E-state index contributed by atoms with van der Waals surface area (Å²) in [6.07, 6.45) is 4.29. The van der Waals surface area contributed by atoms with E-state index in [1.165, 1.54) is 0 Å². The van der Waals surface area contributed by atoms with Crippen molar-refractivity contribution in [2.75, 3.05) is 39.6 Å². The maximum absolute atomic E-state index is 9.81. The van der Waals surface area contributed by atoms with Crippen LogP contribution in [0.3, 0.4) is 0 Å². The maximum atomic E-state index is 9.81. The fourth-order valence-corrected chi connectivity index (χ4v) is 2.19. The summed E-state index contributed by atoms with van der Waals surface area (Å²) < 4.78 is 16.4. The molecule has 0 bridgehead atoms. The van der Waals surface area contributed by atoms with Crippen LogP contribution in [0, 0.1) is 0 Å². The molecule has 1 heterocycles. The van der Waals surface area contributed by atoms with Crippen molar-refractivity contribution in [3.63, 3.8) is 0 Å². The standard InChI is InChI=1S/C15H31NO4/c1-3-4-7-18-9-10-19-12-14(17)11-16-13(2)15-6-5-8-20-15/h13-17H,3-12H2,1-2H3. The van der Waals surface area contributed by atoms with Gasteiger partial charge in [0.1, 0.15) is 0 Å². The smallest absolute Gasteiger partial charge is 0.0897 e. The number of nitrogens with one attached hydrogen (secondary N) is 1. The second-order valence-corrected chi connectivity index (χ2v) is 5.44. The molecule has 5 heteroatoms. The van der Waals surface area contributed by atoms with Crippen LogP contribution in [0.5, 0.6) is 0 Å². The van der Waals surface area contributed by atoms with Crippen LogP contribution in [-0.4, -0.2) is 62.9 Å². The second kappa shape index (κ2) is 11.5. The third-order valence-electron chi connectivity index (χ3n) is 3.52. The van der Waals surface area contributed by atoms with Gasteiger partial charge in [0.2, 0.25) is 0 Å². The Balaban J connectivity index is 1.90. The second-order valence-electron chi connectivity index (χ2n) is 5.44. The monoisotopic (exact) mass is 289 g/mol. The first-order valence-electron chi connectivity index (χ1n) is 7.92. The number of rotatable bonds is 12. The van der Waals surface area contributed by atoms with Crippen LogP contribution >= 0.6 is 0 Å². The average molecular weight is 289 g/mol. The van der Waals surface area contributed by atoms with Gasteiger partial charge >= 0.3 is 0 Å². The van der Waals surface area contributed by atoms with Crippen LogP contribution in [0.4, 0.5) is 0 Å². The van der Waals surface area contributed by atoms with E-state index in [0.717, 1.165) is 38.9 Å². The molecule has 1 rings (SSSR count). The Bertz CT molecular complexity index is 222. The first-order valence-corrected chi connectivity index (χ1v) is 7.92. The predicted octanol–water partition coefficient (Wildman–Crippen LogP) is 1.34. The summed E-state index contributed by atoms with van der Waals surface area (Å²) in [5, 5.41) is 13.1. The predicted molar refractivity (Wildman–Crippen MR) is 79.0 cm³/mol. The maximum Gasteiger partial charge on any atom is 0.0897 e. The van der Waals surface area contributed by atoms with E-state index in [1.807, 2.05) is 0 Å². The van der Waals surface area contributed by atoms with Crippen molar-refractivity contribution < 1.29 is 19.3 Å². The number of unbranched alkanes of at least 4 members (excludes halogenated alkanes) is 1. The molecule has 1 saturated heterocycles.